The van der Waals surface area contributed by atoms with Crippen molar-refractivity contribution in [2.75, 3.05) is 4.90 Å². The molecule has 3 heterocycles. The van der Waals surface area contributed by atoms with Crippen LogP contribution in [0.3, 0.4) is 0 Å². The maximum Gasteiger partial charge on any atom is 0.181 e. The van der Waals surface area contributed by atoms with Gasteiger partial charge >= 0.3 is 0 Å². The third-order valence-electron chi connectivity index (χ3n) is 12.6. The molecule has 12 rings (SSSR count). The Hall–Kier alpha value is -6.72. The summed E-state index contributed by atoms with van der Waals surface area (Å²) in [4.78, 5) is 2.65. The van der Waals surface area contributed by atoms with Crippen LogP contribution in [-0.2, 0) is 0 Å². The monoisotopic (exact) mass is 774 g/mol. The summed E-state index contributed by atoms with van der Waals surface area (Å²) in [6, 6.07) is 73.5. The molecule has 0 N–H and O–H groups in total. The molecule has 0 saturated carbocycles. The Kier molecular flexibility index (Phi) is 7.59. The van der Waals surface area contributed by atoms with Gasteiger partial charge in [0.05, 0.1) is 17.1 Å². The molecule has 4 heteroatoms. The van der Waals surface area contributed by atoms with Crippen molar-refractivity contribution in [3.63, 3.8) is 0 Å². The lowest BCUT2D eigenvalue weighted by Crippen LogP contribution is -2.75. The molecular weight excluding hydrogens is 737 g/mol. The Morgan fingerprint density at radius 1 is 0.483 bits per heavy atom. The maximum absolute atomic E-state index is 3.04. The number of hydrogen-bond acceptors (Lipinski definition) is 2. The molecule has 2 nitrogen and oxygen atoms in total. The van der Waals surface area contributed by atoms with Gasteiger partial charge in [-0.1, -0.05) is 164 Å². The van der Waals surface area contributed by atoms with Crippen LogP contribution in [0.2, 0.25) is 0 Å². The van der Waals surface area contributed by atoms with E-state index in [9.17, 15) is 0 Å². The molecule has 0 fully saturated rings. The van der Waals surface area contributed by atoms with E-state index in [1.807, 2.05) is 11.3 Å². The lowest BCUT2D eigenvalue weighted by Gasteiger charge is -2.38. The smallest absolute Gasteiger partial charge is 0.181 e. The molecule has 0 bridgehead atoms. The molecule has 10 aromatic rings. The number of benzene rings is 8. The van der Waals surface area contributed by atoms with Gasteiger partial charge in [-0.2, -0.15) is 0 Å². The molecule has 0 amide bonds. The highest BCUT2D eigenvalue weighted by Gasteiger charge is 2.47. The highest BCUT2D eigenvalue weighted by atomic mass is 32.1. The van der Waals surface area contributed by atoms with E-state index in [2.05, 4.69) is 222 Å². The van der Waals surface area contributed by atoms with Crippen molar-refractivity contribution in [2.45, 2.75) is 12.5 Å². The first kappa shape index (κ1) is 33.4. The highest BCUT2D eigenvalue weighted by molar-refractivity contribution is 7.26. The van der Waals surface area contributed by atoms with Gasteiger partial charge in [-0.05, 0) is 81.3 Å². The van der Waals surface area contributed by atoms with Crippen molar-refractivity contribution in [1.29, 1.82) is 0 Å². The minimum Gasteiger partial charge on any atom is -0.333 e. The zero-order valence-electron chi connectivity index (χ0n) is 31.8. The normalized spacial score (nSPS) is 15.0. The second kappa shape index (κ2) is 13.2. The van der Waals surface area contributed by atoms with Crippen LogP contribution < -0.4 is 25.6 Å². The summed E-state index contributed by atoms with van der Waals surface area (Å²) in [7, 11) is -3.04. The minimum atomic E-state index is -3.04. The van der Waals surface area contributed by atoms with E-state index in [4.69, 9.17) is 0 Å². The molecule has 1 atom stereocenters. The zero-order chi connectivity index (χ0) is 38.2. The molecule has 0 spiro atoms. The van der Waals surface area contributed by atoms with E-state index >= 15 is 0 Å². The number of anilines is 2. The van der Waals surface area contributed by atoms with Crippen LogP contribution in [0.1, 0.15) is 12.0 Å². The van der Waals surface area contributed by atoms with Crippen molar-refractivity contribution in [1.82, 2.24) is 4.57 Å². The zero-order valence-corrected chi connectivity index (χ0v) is 33.6. The summed E-state index contributed by atoms with van der Waals surface area (Å²) in [5.41, 5.74) is 8.95. The quantitative estimate of drug-likeness (QED) is 0.121. The van der Waals surface area contributed by atoms with Crippen LogP contribution in [-0.4, -0.2) is 18.7 Å². The molecule has 2 aromatic heterocycles. The van der Waals surface area contributed by atoms with E-state index in [0.717, 1.165) is 6.42 Å². The lowest BCUT2D eigenvalue weighted by molar-refractivity contribution is 0.830. The number of aromatic nitrogens is 1. The van der Waals surface area contributed by atoms with Crippen LogP contribution in [0.25, 0.3) is 53.2 Å². The van der Waals surface area contributed by atoms with Gasteiger partial charge in [0.15, 0.2) is 8.07 Å². The Bertz CT molecular complexity index is 3230. The highest BCUT2D eigenvalue weighted by Crippen LogP contribution is 2.47. The number of nitrogens with zero attached hydrogens (tertiary/aromatic N) is 2. The average Bonchev–Trinajstić information content (AvgIpc) is 3.95. The van der Waals surface area contributed by atoms with Crippen LogP contribution in [0.5, 0.6) is 0 Å². The standard InChI is InChI=1S/C54H38N2SSi/c1-4-18-37(19-5-1)56-49-31-14-10-26-42(49)45-29-17-33-53(54(45)56)58(39-21-6-2-7-22-39,40-23-8-3-9-24-40)41-25-16-20-38(34-41)55-48-30-13-11-27-43(48)46-36-52-47(35-50(46)55)44-28-12-15-32-51(44)57-52/h1-30,32-36,49H,31H2. The minimum absolute atomic E-state index is 0.232. The molecule has 2 aliphatic rings. The van der Waals surface area contributed by atoms with Crippen LogP contribution >= 0.6 is 11.3 Å². The third-order valence-corrected chi connectivity index (χ3v) is 18.5. The van der Waals surface area contributed by atoms with Gasteiger partial charge in [0, 0.05) is 53.6 Å². The fourth-order valence-corrected chi connectivity index (χ4v) is 16.3. The summed E-state index contributed by atoms with van der Waals surface area (Å²) in [5.74, 6) is 0. The molecule has 1 unspecified atom stereocenters. The van der Waals surface area contributed by atoms with Crippen LogP contribution in [0, 0.1) is 0 Å². The predicted molar refractivity (Wildman–Crippen MR) is 251 cm³/mol. The number of thiophene rings is 1. The number of para-hydroxylation sites is 3. The van der Waals surface area contributed by atoms with Gasteiger partial charge in [0.25, 0.3) is 0 Å². The van der Waals surface area contributed by atoms with E-state index in [-0.39, 0.29) is 6.04 Å². The molecule has 58 heavy (non-hydrogen) atoms. The molecule has 274 valence electrons. The first-order valence-corrected chi connectivity index (χ1v) is 23.0. The second-order valence-electron chi connectivity index (χ2n) is 15.6. The average molecular weight is 775 g/mol. The summed E-state index contributed by atoms with van der Waals surface area (Å²) < 4.78 is 5.18. The summed E-state index contributed by atoms with van der Waals surface area (Å²) in [6.07, 6.45) is 7.90. The van der Waals surface area contributed by atoms with E-state index in [0.29, 0.717) is 0 Å². The lowest BCUT2D eigenvalue weighted by atomic mass is 9.96. The molecular formula is C54H38N2SSi. The molecule has 1 aliphatic carbocycles. The number of rotatable bonds is 6. The number of hydrogen-bond donors (Lipinski definition) is 0. The van der Waals surface area contributed by atoms with Crippen molar-refractivity contribution in [3.05, 3.63) is 218 Å². The summed E-state index contributed by atoms with van der Waals surface area (Å²) in [6.45, 7) is 0. The second-order valence-corrected chi connectivity index (χ2v) is 20.4. The number of allylic oxidation sites excluding steroid dienone is 2. The largest absolute Gasteiger partial charge is 0.333 e. The number of fused-ring (bicyclic) bond motifs is 9. The Morgan fingerprint density at radius 2 is 1.14 bits per heavy atom. The Morgan fingerprint density at radius 3 is 1.93 bits per heavy atom. The molecule has 0 saturated heterocycles. The predicted octanol–water partition coefficient (Wildman–Crippen LogP) is 11.4. The van der Waals surface area contributed by atoms with Gasteiger partial charge < -0.3 is 9.47 Å². The Labute approximate surface area is 342 Å². The van der Waals surface area contributed by atoms with Crippen LogP contribution in [0.4, 0.5) is 11.4 Å². The first-order chi connectivity index (χ1) is 28.8. The van der Waals surface area contributed by atoms with Crippen molar-refractivity contribution >= 4 is 99.1 Å². The fourth-order valence-electron chi connectivity index (χ4n) is 10.2. The SMILES string of the molecule is C1=CCC2C(=C1)c1cccc([Si](c3ccccc3)(c3ccccc3)c3cccc(-n4c5ccccc5c5cc6sc7ccccc7c6cc54)c3)c1N2c1ccccc1. The van der Waals surface area contributed by atoms with Gasteiger partial charge in [-0.15, -0.1) is 11.3 Å². The van der Waals surface area contributed by atoms with E-state index < -0.39 is 8.07 Å². The van der Waals surface area contributed by atoms with Gasteiger partial charge in [-0.25, -0.2) is 0 Å². The molecule has 1 aliphatic heterocycles. The van der Waals surface area contributed by atoms with Crippen molar-refractivity contribution < 1.29 is 0 Å². The van der Waals surface area contributed by atoms with Crippen molar-refractivity contribution in [2.24, 2.45) is 0 Å². The summed E-state index contributed by atoms with van der Waals surface area (Å²) in [5, 5.41) is 10.7. The summed E-state index contributed by atoms with van der Waals surface area (Å²) >= 11 is 1.89. The van der Waals surface area contributed by atoms with Gasteiger partial charge in [0.2, 0.25) is 0 Å². The third kappa shape index (κ3) is 4.83. The maximum atomic E-state index is 2.65. The first-order valence-electron chi connectivity index (χ1n) is 20.2. The van der Waals surface area contributed by atoms with E-state index in [1.54, 1.807) is 0 Å². The molecule has 8 aromatic carbocycles. The molecule has 0 radical (unpaired) electrons. The van der Waals surface area contributed by atoms with Crippen LogP contribution in [0.15, 0.2) is 212 Å². The van der Waals surface area contributed by atoms with Gasteiger partial charge in [0.1, 0.15) is 0 Å². The topological polar surface area (TPSA) is 8.17 Å². The van der Waals surface area contributed by atoms with Gasteiger partial charge in [-0.3, -0.25) is 0 Å². The van der Waals surface area contributed by atoms with E-state index in [1.165, 1.54) is 90.9 Å². The van der Waals surface area contributed by atoms with Crippen molar-refractivity contribution in [3.8, 4) is 5.69 Å². The fraction of sp³-hybridized carbons (Fsp3) is 0.0370. The Balaban J connectivity index is 1.18.